The van der Waals surface area contributed by atoms with Crippen LogP contribution in [0.3, 0.4) is 0 Å². The molecule has 0 fully saturated rings. The van der Waals surface area contributed by atoms with Crippen molar-refractivity contribution >= 4 is 5.91 Å². The first-order valence-electron chi connectivity index (χ1n) is 4.91. The zero-order valence-corrected chi connectivity index (χ0v) is 8.95. The number of H-pyrrole nitrogens is 1. The van der Waals surface area contributed by atoms with Crippen molar-refractivity contribution in [3.05, 3.63) is 41.6 Å². The number of carbonyl (C=O) groups excluding carboxylic acids is 1. The van der Waals surface area contributed by atoms with Gasteiger partial charge in [-0.25, -0.2) is 0 Å². The minimum atomic E-state index is -4.62. The highest BCUT2D eigenvalue weighted by molar-refractivity contribution is 5.95. The number of benzene rings is 1. The van der Waals surface area contributed by atoms with Crippen LogP contribution in [-0.2, 0) is 6.18 Å². The van der Waals surface area contributed by atoms with Gasteiger partial charge in [0.15, 0.2) is 0 Å². The number of alkyl halides is 3. The molecule has 1 aromatic carbocycles. The van der Waals surface area contributed by atoms with Crippen LogP contribution in [0.15, 0.2) is 30.5 Å². The Bertz CT molecular complexity index is 576. The molecule has 0 saturated carbocycles. The number of aromatic nitrogens is 2. The third kappa shape index (κ3) is 2.20. The van der Waals surface area contributed by atoms with Crippen molar-refractivity contribution in [3.63, 3.8) is 0 Å². The van der Waals surface area contributed by atoms with Crippen LogP contribution in [0.1, 0.15) is 15.9 Å². The van der Waals surface area contributed by atoms with E-state index < -0.39 is 23.2 Å². The molecule has 2 aromatic rings. The lowest BCUT2D eigenvalue weighted by Gasteiger charge is -2.11. The predicted octanol–water partition coefficient (Wildman–Crippen LogP) is 2.19. The number of nitrogens with two attached hydrogens (primary N) is 1. The van der Waals surface area contributed by atoms with Gasteiger partial charge < -0.3 is 5.73 Å². The Morgan fingerprint density at radius 2 is 2.00 bits per heavy atom. The molecule has 0 bridgehead atoms. The lowest BCUT2D eigenvalue weighted by molar-refractivity contribution is -0.137. The molecule has 1 heterocycles. The molecular weight excluding hydrogens is 247 g/mol. The van der Waals surface area contributed by atoms with E-state index >= 15 is 0 Å². The third-order valence-corrected chi connectivity index (χ3v) is 2.39. The first kappa shape index (κ1) is 12.2. The lowest BCUT2D eigenvalue weighted by Crippen LogP contribution is -2.18. The molecule has 0 aliphatic carbocycles. The Kier molecular flexibility index (Phi) is 2.82. The summed E-state index contributed by atoms with van der Waals surface area (Å²) in [5.41, 5.74) is 4.18. The van der Waals surface area contributed by atoms with E-state index in [-0.39, 0.29) is 0 Å². The van der Waals surface area contributed by atoms with Crippen molar-refractivity contribution in [2.45, 2.75) is 6.18 Å². The number of aromatic amines is 1. The summed E-state index contributed by atoms with van der Waals surface area (Å²) in [4.78, 5) is 11.1. The monoisotopic (exact) mass is 255 g/mol. The van der Waals surface area contributed by atoms with Crippen LogP contribution in [0.4, 0.5) is 13.2 Å². The number of nitrogens with one attached hydrogen (secondary N) is 1. The molecular formula is C11H8F3N3O. The SMILES string of the molecule is NC(=O)c1cc(-c2cc[nH]n2)ccc1C(F)(F)F. The Labute approximate surface area is 99.6 Å². The lowest BCUT2D eigenvalue weighted by atomic mass is 10.0. The van der Waals surface area contributed by atoms with Crippen LogP contribution in [-0.4, -0.2) is 16.1 Å². The smallest absolute Gasteiger partial charge is 0.366 e. The number of hydrogen-bond donors (Lipinski definition) is 2. The van der Waals surface area contributed by atoms with E-state index in [1.54, 1.807) is 6.07 Å². The first-order valence-corrected chi connectivity index (χ1v) is 4.91. The first-order chi connectivity index (χ1) is 8.39. The number of hydrogen-bond acceptors (Lipinski definition) is 2. The van der Waals surface area contributed by atoms with Gasteiger partial charge in [-0.15, -0.1) is 0 Å². The number of halogens is 3. The maximum Gasteiger partial charge on any atom is 0.417 e. The Morgan fingerprint density at radius 3 is 2.50 bits per heavy atom. The summed E-state index contributed by atoms with van der Waals surface area (Å²) < 4.78 is 38.0. The van der Waals surface area contributed by atoms with Gasteiger partial charge in [0.1, 0.15) is 0 Å². The number of rotatable bonds is 2. The topological polar surface area (TPSA) is 71.8 Å². The van der Waals surface area contributed by atoms with Gasteiger partial charge in [-0.05, 0) is 18.2 Å². The maximum atomic E-state index is 12.7. The van der Waals surface area contributed by atoms with Crippen molar-refractivity contribution in [2.24, 2.45) is 5.73 Å². The summed E-state index contributed by atoms with van der Waals surface area (Å²) in [5.74, 6) is -1.13. The van der Waals surface area contributed by atoms with Crippen molar-refractivity contribution in [1.82, 2.24) is 10.2 Å². The zero-order valence-electron chi connectivity index (χ0n) is 8.95. The van der Waals surface area contributed by atoms with E-state index in [1.807, 2.05) is 0 Å². The summed E-state index contributed by atoms with van der Waals surface area (Å²) in [6.45, 7) is 0. The van der Waals surface area contributed by atoms with Gasteiger partial charge in [0.25, 0.3) is 0 Å². The third-order valence-electron chi connectivity index (χ3n) is 2.39. The normalized spacial score (nSPS) is 11.5. The Hall–Kier alpha value is -2.31. The van der Waals surface area contributed by atoms with Gasteiger partial charge in [-0.1, -0.05) is 6.07 Å². The second kappa shape index (κ2) is 4.17. The summed E-state index contributed by atoms with van der Waals surface area (Å²) in [6.07, 6.45) is -3.09. The number of amides is 1. The quantitative estimate of drug-likeness (QED) is 0.863. The minimum absolute atomic E-state index is 0.387. The molecule has 0 saturated heterocycles. The van der Waals surface area contributed by atoms with Gasteiger partial charge in [0.2, 0.25) is 5.91 Å². The fourth-order valence-corrected chi connectivity index (χ4v) is 1.58. The highest BCUT2D eigenvalue weighted by Crippen LogP contribution is 2.33. The van der Waals surface area contributed by atoms with E-state index in [4.69, 9.17) is 5.73 Å². The average Bonchev–Trinajstić information content (AvgIpc) is 2.80. The highest BCUT2D eigenvalue weighted by Gasteiger charge is 2.34. The molecule has 18 heavy (non-hydrogen) atoms. The van der Waals surface area contributed by atoms with Crippen molar-refractivity contribution in [3.8, 4) is 11.3 Å². The zero-order chi connectivity index (χ0) is 13.3. The number of nitrogens with zero attached hydrogens (tertiary/aromatic N) is 1. The van der Waals surface area contributed by atoms with Crippen molar-refractivity contribution in [2.75, 3.05) is 0 Å². The van der Waals surface area contributed by atoms with Crippen LogP contribution in [0.25, 0.3) is 11.3 Å². The molecule has 2 rings (SSSR count). The van der Waals surface area contributed by atoms with Crippen LogP contribution in [0, 0.1) is 0 Å². The van der Waals surface area contributed by atoms with Crippen LogP contribution >= 0.6 is 0 Å². The predicted molar refractivity (Wildman–Crippen MR) is 57.5 cm³/mol. The van der Waals surface area contributed by atoms with Crippen LogP contribution < -0.4 is 5.73 Å². The average molecular weight is 255 g/mol. The Morgan fingerprint density at radius 1 is 1.28 bits per heavy atom. The minimum Gasteiger partial charge on any atom is -0.366 e. The maximum absolute atomic E-state index is 12.7. The second-order valence-electron chi connectivity index (χ2n) is 3.58. The molecule has 3 N–H and O–H groups in total. The number of carbonyl (C=O) groups is 1. The van der Waals surface area contributed by atoms with E-state index in [2.05, 4.69) is 10.2 Å². The standard InChI is InChI=1S/C11H8F3N3O/c12-11(13,14)8-2-1-6(5-7(8)10(15)18)9-3-4-16-17-9/h1-5H,(H2,15,18)(H,16,17). The molecule has 0 spiro atoms. The van der Waals surface area contributed by atoms with Gasteiger partial charge >= 0.3 is 6.18 Å². The van der Waals surface area contributed by atoms with Gasteiger partial charge in [0, 0.05) is 11.8 Å². The molecule has 0 aliphatic heterocycles. The molecule has 94 valence electrons. The fourth-order valence-electron chi connectivity index (χ4n) is 1.58. The fraction of sp³-hybridized carbons (Fsp3) is 0.0909. The van der Waals surface area contributed by atoms with E-state index in [9.17, 15) is 18.0 Å². The van der Waals surface area contributed by atoms with E-state index in [0.717, 1.165) is 12.1 Å². The summed E-state index contributed by atoms with van der Waals surface area (Å²) >= 11 is 0. The molecule has 1 aromatic heterocycles. The molecule has 0 aliphatic rings. The second-order valence-corrected chi connectivity index (χ2v) is 3.58. The van der Waals surface area contributed by atoms with Crippen LogP contribution in [0.2, 0.25) is 0 Å². The van der Waals surface area contributed by atoms with Crippen LogP contribution in [0.5, 0.6) is 0 Å². The van der Waals surface area contributed by atoms with Gasteiger partial charge in [-0.3, -0.25) is 9.89 Å². The summed E-state index contributed by atoms with van der Waals surface area (Å²) in [5, 5.41) is 6.35. The van der Waals surface area contributed by atoms with E-state index in [0.29, 0.717) is 11.3 Å². The van der Waals surface area contributed by atoms with Gasteiger partial charge in [-0.2, -0.15) is 18.3 Å². The molecule has 0 unspecified atom stereocenters. The molecule has 0 radical (unpaired) electrons. The largest absolute Gasteiger partial charge is 0.417 e. The van der Waals surface area contributed by atoms with Gasteiger partial charge in [0.05, 0.1) is 16.8 Å². The summed E-state index contributed by atoms with van der Waals surface area (Å²) in [7, 11) is 0. The molecule has 7 heteroatoms. The van der Waals surface area contributed by atoms with E-state index in [1.165, 1.54) is 12.3 Å². The van der Waals surface area contributed by atoms with Crippen molar-refractivity contribution < 1.29 is 18.0 Å². The summed E-state index contributed by atoms with van der Waals surface area (Å²) in [6, 6.07) is 4.73. The molecule has 1 amide bonds. The van der Waals surface area contributed by atoms with Crippen molar-refractivity contribution in [1.29, 1.82) is 0 Å². The molecule has 4 nitrogen and oxygen atoms in total. The Balaban J connectivity index is 2.58. The number of primary amides is 1. The molecule has 0 atom stereocenters. The highest BCUT2D eigenvalue weighted by atomic mass is 19.4.